The number of carbonyl (C=O) groups is 1. The summed E-state index contributed by atoms with van der Waals surface area (Å²) in [6, 6.07) is 5.65. The fraction of sp³-hybridized carbons (Fsp3) is 0.533. The number of likely N-dealkylation sites (N-methyl/N-ethyl adjacent to an activating group) is 1. The zero-order chi connectivity index (χ0) is 13.8. The normalized spacial score (nSPS) is 15.3. The molecular formula is C15H23N3O. The maximum absolute atomic E-state index is 12.0. The number of hydrogen-bond donors (Lipinski definition) is 2. The average molecular weight is 261 g/mol. The maximum atomic E-state index is 12.0. The molecule has 1 aromatic carbocycles. The van der Waals surface area contributed by atoms with Crippen molar-refractivity contribution in [3.05, 3.63) is 23.8 Å². The highest BCUT2D eigenvalue weighted by molar-refractivity contribution is 5.96. The van der Waals surface area contributed by atoms with Gasteiger partial charge in [0.2, 0.25) is 5.91 Å². The Morgan fingerprint density at radius 3 is 2.79 bits per heavy atom. The lowest BCUT2D eigenvalue weighted by Gasteiger charge is -2.29. The van der Waals surface area contributed by atoms with E-state index >= 15 is 0 Å². The van der Waals surface area contributed by atoms with E-state index in [0.717, 1.165) is 23.7 Å². The van der Waals surface area contributed by atoms with Crippen molar-refractivity contribution < 1.29 is 4.79 Å². The van der Waals surface area contributed by atoms with Crippen LogP contribution in [0.1, 0.15) is 24.8 Å². The number of hydrogen-bond acceptors (Lipinski definition) is 3. The first kappa shape index (κ1) is 13.9. The molecule has 3 N–H and O–H groups in total. The van der Waals surface area contributed by atoms with E-state index in [2.05, 4.69) is 10.2 Å². The van der Waals surface area contributed by atoms with Gasteiger partial charge in [0, 0.05) is 6.54 Å². The van der Waals surface area contributed by atoms with Crippen LogP contribution in [0.3, 0.4) is 0 Å². The maximum Gasteiger partial charge on any atom is 0.238 e. The number of benzene rings is 1. The van der Waals surface area contributed by atoms with Crippen molar-refractivity contribution in [2.45, 2.75) is 26.2 Å². The van der Waals surface area contributed by atoms with Crippen LogP contribution in [0.25, 0.3) is 0 Å². The number of nitrogen functional groups attached to an aromatic ring is 1. The third-order valence-corrected chi connectivity index (χ3v) is 3.78. The molecule has 0 aromatic heterocycles. The van der Waals surface area contributed by atoms with Crippen LogP contribution < -0.4 is 11.1 Å². The molecule has 104 valence electrons. The molecule has 1 fully saturated rings. The Morgan fingerprint density at radius 1 is 1.47 bits per heavy atom. The zero-order valence-electron chi connectivity index (χ0n) is 11.8. The summed E-state index contributed by atoms with van der Waals surface area (Å²) in [7, 11) is 2.00. The third kappa shape index (κ3) is 3.70. The number of nitrogens with two attached hydrogens (primary N) is 1. The summed E-state index contributed by atoms with van der Waals surface area (Å²) < 4.78 is 0. The number of anilines is 2. The van der Waals surface area contributed by atoms with Gasteiger partial charge >= 0.3 is 0 Å². The molecule has 0 heterocycles. The topological polar surface area (TPSA) is 58.4 Å². The minimum Gasteiger partial charge on any atom is -0.397 e. The van der Waals surface area contributed by atoms with Gasteiger partial charge in [-0.05, 0) is 44.4 Å². The molecule has 0 bridgehead atoms. The van der Waals surface area contributed by atoms with Crippen LogP contribution in [0.4, 0.5) is 11.4 Å². The Morgan fingerprint density at radius 2 is 2.21 bits per heavy atom. The summed E-state index contributed by atoms with van der Waals surface area (Å²) in [5, 5.41) is 2.91. The molecule has 2 rings (SSSR count). The van der Waals surface area contributed by atoms with Gasteiger partial charge in [-0.25, -0.2) is 0 Å². The van der Waals surface area contributed by atoms with Crippen LogP contribution in [-0.4, -0.2) is 30.9 Å². The minimum atomic E-state index is 0.00261. The Kier molecular flexibility index (Phi) is 4.43. The second-order valence-electron chi connectivity index (χ2n) is 5.58. The van der Waals surface area contributed by atoms with E-state index in [4.69, 9.17) is 5.73 Å². The average Bonchev–Trinajstić information content (AvgIpc) is 2.29. The molecule has 4 heteroatoms. The second-order valence-corrected chi connectivity index (χ2v) is 5.58. The largest absolute Gasteiger partial charge is 0.397 e. The van der Waals surface area contributed by atoms with Crippen LogP contribution >= 0.6 is 0 Å². The first-order valence-corrected chi connectivity index (χ1v) is 6.89. The molecule has 0 aliphatic heterocycles. The lowest BCUT2D eigenvalue weighted by molar-refractivity contribution is -0.117. The number of amides is 1. The van der Waals surface area contributed by atoms with Crippen LogP contribution in [0.15, 0.2) is 18.2 Å². The smallest absolute Gasteiger partial charge is 0.238 e. The number of rotatable bonds is 5. The number of nitrogens with zero attached hydrogens (tertiary/aromatic N) is 1. The van der Waals surface area contributed by atoms with Gasteiger partial charge in [-0.2, -0.15) is 0 Å². The highest BCUT2D eigenvalue weighted by atomic mass is 16.2. The van der Waals surface area contributed by atoms with Gasteiger partial charge in [-0.15, -0.1) is 0 Å². The molecule has 0 atom stereocenters. The number of nitrogens with one attached hydrogen (secondary N) is 1. The van der Waals surface area contributed by atoms with Gasteiger partial charge in [-0.1, -0.05) is 18.6 Å². The van der Waals surface area contributed by atoms with E-state index < -0.39 is 0 Å². The van der Waals surface area contributed by atoms with Crippen molar-refractivity contribution in [3.8, 4) is 0 Å². The molecule has 0 radical (unpaired) electrons. The molecule has 19 heavy (non-hydrogen) atoms. The fourth-order valence-electron chi connectivity index (χ4n) is 2.47. The van der Waals surface area contributed by atoms with E-state index in [0.29, 0.717) is 12.2 Å². The van der Waals surface area contributed by atoms with Crippen LogP contribution in [0, 0.1) is 12.8 Å². The highest BCUT2D eigenvalue weighted by Crippen LogP contribution is 2.26. The summed E-state index contributed by atoms with van der Waals surface area (Å²) in [6.45, 7) is 3.38. The third-order valence-electron chi connectivity index (χ3n) is 3.78. The fourth-order valence-corrected chi connectivity index (χ4v) is 2.47. The molecule has 0 saturated heterocycles. The molecule has 1 amide bonds. The van der Waals surface area contributed by atoms with Crippen molar-refractivity contribution in [1.29, 1.82) is 0 Å². The number of aryl methyl sites for hydroxylation is 1. The molecule has 1 aliphatic rings. The van der Waals surface area contributed by atoms with Crippen molar-refractivity contribution in [1.82, 2.24) is 4.90 Å². The molecule has 0 spiro atoms. The predicted molar refractivity (Wildman–Crippen MR) is 79.1 cm³/mol. The molecule has 4 nitrogen and oxygen atoms in total. The van der Waals surface area contributed by atoms with Gasteiger partial charge in [-0.3, -0.25) is 9.69 Å². The molecule has 1 aliphatic carbocycles. The van der Waals surface area contributed by atoms with Gasteiger partial charge in [0.15, 0.2) is 0 Å². The quantitative estimate of drug-likeness (QED) is 0.799. The summed E-state index contributed by atoms with van der Waals surface area (Å²) in [5.74, 6) is 0.782. The van der Waals surface area contributed by atoms with Crippen molar-refractivity contribution in [3.63, 3.8) is 0 Å². The summed E-state index contributed by atoms with van der Waals surface area (Å²) in [5.41, 5.74) is 8.24. The molecular weight excluding hydrogens is 238 g/mol. The van der Waals surface area contributed by atoms with Crippen molar-refractivity contribution in [2.75, 3.05) is 31.2 Å². The predicted octanol–water partition coefficient (Wildman–Crippen LogP) is 2.25. The SMILES string of the molecule is Cc1cccc(N)c1NC(=O)CN(C)CC1CCC1. The van der Waals surface area contributed by atoms with Crippen LogP contribution in [0.2, 0.25) is 0 Å². The van der Waals surface area contributed by atoms with Crippen molar-refractivity contribution in [2.24, 2.45) is 5.92 Å². The molecule has 0 unspecified atom stereocenters. The van der Waals surface area contributed by atoms with E-state index in [-0.39, 0.29) is 5.91 Å². The summed E-state index contributed by atoms with van der Waals surface area (Å²) in [6.07, 6.45) is 3.94. The Balaban J connectivity index is 1.86. The Labute approximate surface area is 115 Å². The van der Waals surface area contributed by atoms with E-state index in [1.807, 2.05) is 26.1 Å². The van der Waals surface area contributed by atoms with Gasteiger partial charge < -0.3 is 11.1 Å². The monoisotopic (exact) mass is 261 g/mol. The minimum absolute atomic E-state index is 0.00261. The Bertz CT molecular complexity index is 434. The number of para-hydroxylation sites is 1. The van der Waals surface area contributed by atoms with Crippen LogP contribution in [-0.2, 0) is 4.79 Å². The summed E-state index contributed by atoms with van der Waals surface area (Å²) >= 11 is 0. The zero-order valence-corrected chi connectivity index (χ0v) is 11.8. The van der Waals surface area contributed by atoms with E-state index in [1.54, 1.807) is 6.07 Å². The first-order chi connectivity index (χ1) is 9.06. The lowest BCUT2D eigenvalue weighted by atomic mass is 9.85. The van der Waals surface area contributed by atoms with Gasteiger partial charge in [0.1, 0.15) is 0 Å². The van der Waals surface area contributed by atoms with Gasteiger partial charge in [0.25, 0.3) is 0 Å². The highest BCUT2D eigenvalue weighted by Gasteiger charge is 2.20. The number of carbonyl (C=O) groups excluding carboxylic acids is 1. The lowest BCUT2D eigenvalue weighted by Crippen LogP contribution is -2.35. The standard InChI is InChI=1S/C15H23N3O/c1-11-5-3-8-13(16)15(11)17-14(19)10-18(2)9-12-6-4-7-12/h3,5,8,12H,4,6-7,9-10,16H2,1-2H3,(H,17,19). The van der Waals surface area contributed by atoms with Crippen LogP contribution in [0.5, 0.6) is 0 Å². The van der Waals surface area contributed by atoms with E-state index in [1.165, 1.54) is 19.3 Å². The molecule has 1 aromatic rings. The molecule has 1 saturated carbocycles. The first-order valence-electron chi connectivity index (χ1n) is 6.89. The van der Waals surface area contributed by atoms with E-state index in [9.17, 15) is 4.79 Å². The van der Waals surface area contributed by atoms with Gasteiger partial charge in [0.05, 0.1) is 17.9 Å². The Hall–Kier alpha value is -1.55. The second kappa shape index (κ2) is 6.06. The van der Waals surface area contributed by atoms with Crippen molar-refractivity contribution >= 4 is 17.3 Å². The summed E-state index contributed by atoms with van der Waals surface area (Å²) in [4.78, 5) is 14.1.